The minimum atomic E-state index is -0.391. The van der Waals surface area contributed by atoms with Crippen LogP contribution in [0.2, 0.25) is 0 Å². The standard InChI is InChI=1S/C22H25N3O2S/c26-21(13-20-22(27)24-18-5-1-2-6-19(18)28-20)23-14-16-7-9-17(10-8-16)15-25-11-3-4-12-25/h1-2,5-10,20H,3-4,11-15H2,(H,23,26)(H,24,27). The third-order valence-electron chi connectivity index (χ3n) is 5.19. The summed E-state index contributed by atoms with van der Waals surface area (Å²) >= 11 is 1.45. The fraction of sp³-hybridized carbons (Fsp3) is 0.364. The number of rotatable bonds is 6. The van der Waals surface area contributed by atoms with Crippen LogP contribution in [0, 0.1) is 0 Å². The molecule has 2 aliphatic heterocycles. The molecule has 2 N–H and O–H groups in total. The summed E-state index contributed by atoms with van der Waals surface area (Å²) in [4.78, 5) is 28.0. The maximum atomic E-state index is 12.3. The second-order valence-corrected chi connectivity index (χ2v) is 8.62. The Morgan fingerprint density at radius 3 is 2.57 bits per heavy atom. The molecule has 1 saturated heterocycles. The summed E-state index contributed by atoms with van der Waals surface area (Å²) in [6.45, 7) is 3.87. The summed E-state index contributed by atoms with van der Waals surface area (Å²) in [5.74, 6) is -0.210. The molecular formula is C22H25N3O2S. The normalized spacial score (nSPS) is 19.1. The van der Waals surface area contributed by atoms with E-state index in [-0.39, 0.29) is 18.2 Å². The van der Waals surface area contributed by atoms with Gasteiger partial charge in [-0.15, -0.1) is 11.8 Å². The van der Waals surface area contributed by atoms with E-state index in [1.807, 2.05) is 24.3 Å². The van der Waals surface area contributed by atoms with E-state index in [0.717, 1.165) is 22.7 Å². The highest BCUT2D eigenvalue weighted by molar-refractivity contribution is 8.01. The number of thioether (sulfide) groups is 1. The van der Waals surface area contributed by atoms with Crippen molar-refractivity contribution < 1.29 is 9.59 Å². The smallest absolute Gasteiger partial charge is 0.238 e. The number of nitrogens with zero attached hydrogens (tertiary/aromatic N) is 1. The lowest BCUT2D eigenvalue weighted by atomic mass is 10.1. The fourth-order valence-corrected chi connectivity index (χ4v) is 4.74. The Morgan fingerprint density at radius 2 is 1.79 bits per heavy atom. The zero-order valence-corrected chi connectivity index (χ0v) is 16.6. The monoisotopic (exact) mass is 395 g/mol. The molecule has 2 heterocycles. The van der Waals surface area contributed by atoms with Crippen LogP contribution in [0.3, 0.4) is 0 Å². The molecule has 6 heteroatoms. The molecule has 0 bridgehead atoms. The van der Waals surface area contributed by atoms with E-state index in [4.69, 9.17) is 0 Å². The number of amides is 2. The zero-order chi connectivity index (χ0) is 19.3. The minimum Gasteiger partial charge on any atom is -0.352 e. The molecular weight excluding hydrogens is 370 g/mol. The summed E-state index contributed by atoms with van der Waals surface area (Å²) in [6.07, 6.45) is 2.78. The van der Waals surface area contributed by atoms with Gasteiger partial charge in [0.1, 0.15) is 0 Å². The highest BCUT2D eigenvalue weighted by Crippen LogP contribution is 2.36. The van der Waals surface area contributed by atoms with E-state index >= 15 is 0 Å². The number of likely N-dealkylation sites (tertiary alicyclic amines) is 1. The largest absolute Gasteiger partial charge is 0.352 e. The van der Waals surface area contributed by atoms with E-state index in [2.05, 4.69) is 39.8 Å². The van der Waals surface area contributed by atoms with Crippen LogP contribution in [0.1, 0.15) is 30.4 Å². The summed E-state index contributed by atoms with van der Waals surface area (Å²) in [6, 6.07) is 16.1. The van der Waals surface area contributed by atoms with Crippen molar-refractivity contribution in [3.05, 3.63) is 59.7 Å². The van der Waals surface area contributed by atoms with Gasteiger partial charge < -0.3 is 10.6 Å². The van der Waals surface area contributed by atoms with Crippen LogP contribution < -0.4 is 10.6 Å². The van der Waals surface area contributed by atoms with Crippen LogP contribution in [0.25, 0.3) is 0 Å². The molecule has 0 saturated carbocycles. The van der Waals surface area contributed by atoms with Crippen molar-refractivity contribution >= 4 is 29.3 Å². The van der Waals surface area contributed by atoms with E-state index < -0.39 is 5.25 Å². The number of nitrogens with one attached hydrogen (secondary N) is 2. The van der Waals surface area contributed by atoms with Gasteiger partial charge in [-0.05, 0) is 49.2 Å². The maximum Gasteiger partial charge on any atom is 0.238 e. The lowest BCUT2D eigenvalue weighted by Gasteiger charge is -2.23. The van der Waals surface area contributed by atoms with Crippen LogP contribution >= 0.6 is 11.8 Å². The molecule has 1 unspecified atom stereocenters. The van der Waals surface area contributed by atoms with Crippen molar-refractivity contribution in [2.24, 2.45) is 0 Å². The summed E-state index contributed by atoms with van der Waals surface area (Å²) < 4.78 is 0. The molecule has 0 aromatic heterocycles. The van der Waals surface area contributed by atoms with Crippen molar-refractivity contribution in [1.82, 2.24) is 10.2 Å². The molecule has 2 aliphatic rings. The van der Waals surface area contributed by atoms with E-state index in [0.29, 0.717) is 6.54 Å². The van der Waals surface area contributed by atoms with E-state index in [1.54, 1.807) is 0 Å². The fourth-order valence-electron chi connectivity index (χ4n) is 3.63. The first kappa shape index (κ1) is 19.0. The Balaban J connectivity index is 1.26. The molecule has 2 amide bonds. The van der Waals surface area contributed by atoms with E-state index in [1.165, 1.54) is 43.3 Å². The molecule has 1 atom stereocenters. The first-order valence-electron chi connectivity index (χ1n) is 9.81. The Labute approximate surface area is 169 Å². The number of benzene rings is 2. The third kappa shape index (κ3) is 4.75. The third-order valence-corrected chi connectivity index (χ3v) is 6.47. The Kier molecular flexibility index (Phi) is 5.98. The van der Waals surface area contributed by atoms with Gasteiger partial charge in [0, 0.05) is 24.4 Å². The van der Waals surface area contributed by atoms with Crippen LogP contribution in [-0.4, -0.2) is 35.1 Å². The maximum absolute atomic E-state index is 12.3. The quantitative estimate of drug-likeness (QED) is 0.787. The van der Waals surface area contributed by atoms with Gasteiger partial charge in [-0.2, -0.15) is 0 Å². The Bertz CT molecular complexity index is 847. The summed E-state index contributed by atoms with van der Waals surface area (Å²) in [5, 5.41) is 5.43. The molecule has 0 radical (unpaired) electrons. The van der Waals surface area contributed by atoms with Crippen molar-refractivity contribution in [2.75, 3.05) is 18.4 Å². The van der Waals surface area contributed by atoms with Gasteiger partial charge in [0.05, 0.1) is 10.9 Å². The molecule has 5 nitrogen and oxygen atoms in total. The molecule has 2 aromatic carbocycles. The van der Waals surface area contributed by atoms with Crippen molar-refractivity contribution in [3.63, 3.8) is 0 Å². The predicted octanol–water partition coefficient (Wildman–Crippen LogP) is 3.40. The van der Waals surface area contributed by atoms with Gasteiger partial charge in [0.25, 0.3) is 0 Å². The topological polar surface area (TPSA) is 61.4 Å². The number of fused-ring (bicyclic) bond motifs is 1. The van der Waals surface area contributed by atoms with Crippen LogP contribution in [0.5, 0.6) is 0 Å². The first-order chi connectivity index (χ1) is 13.7. The first-order valence-corrected chi connectivity index (χ1v) is 10.7. The van der Waals surface area contributed by atoms with Gasteiger partial charge in [0.2, 0.25) is 11.8 Å². The van der Waals surface area contributed by atoms with Gasteiger partial charge in [-0.3, -0.25) is 14.5 Å². The lowest BCUT2D eigenvalue weighted by molar-refractivity contribution is -0.124. The second-order valence-electron chi connectivity index (χ2n) is 7.37. The second kappa shape index (κ2) is 8.80. The van der Waals surface area contributed by atoms with Crippen LogP contribution in [-0.2, 0) is 22.7 Å². The van der Waals surface area contributed by atoms with Crippen LogP contribution in [0.15, 0.2) is 53.4 Å². The van der Waals surface area contributed by atoms with Gasteiger partial charge in [-0.1, -0.05) is 36.4 Å². The molecule has 2 aromatic rings. The van der Waals surface area contributed by atoms with Gasteiger partial charge in [-0.25, -0.2) is 0 Å². The highest BCUT2D eigenvalue weighted by Gasteiger charge is 2.28. The number of carbonyl (C=O) groups is 2. The summed E-state index contributed by atoms with van der Waals surface area (Å²) in [7, 11) is 0. The molecule has 28 heavy (non-hydrogen) atoms. The predicted molar refractivity (Wildman–Crippen MR) is 112 cm³/mol. The average molecular weight is 396 g/mol. The highest BCUT2D eigenvalue weighted by atomic mass is 32.2. The van der Waals surface area contributed by atoms with Crippen molar-refractivity contribution in [1.29, 1.82) is 0 Å². The van der Waals surface area contributed by atoms with Crippen molar-refractivity contribution in [3.8, 4) is 0 Å². The van der Waals surface area contributed by atoms with Gasteiger partial charge in [0.15, 0.2) is 0 Å². The van der Waals surface area contributed by atoms with Crippen molar-refractivity contribution in [2.45, 2.75) is 42.5 Å². The number of anilines is 1. The number of hydrogen-bond acceptors (Lipinski definition) is 4. The molecule has 1 fully saturated rings. The molecule has 0 aliphatic carbocycles. The minimum absolute atomic E-state index is 0.104. The van der Waals surface area contributed by atoms with Crippen LogP contribution in [0.4, 0.5) is 5.69 Å². The zero-order valence-electron chi connectivity index (χ0n) is 15.8. The van der Waals surface area contributed by atoms with Gasteiger partial charge >= 0.3 is 0 Å². The lowest BCUT2D eigenvalue weighted by Crippen LogP contribution is -2.34. The average Bonchev–Trinajstić information content (AvgIpc) is 3.21. The molecule has 4 rings (SSSR count). The SMILES string of the molecule is O=C(CC1Sc2ccccc2NC1=O)NCc1ccc(CN2CCCC2)cc1. The van der Waals surface area contributed by atoms with E-state index in [9.17, 15) is 9.59 Å². The Hall–Kier alpha value is -2.31. The number of carbonyl (C=O) groups excluding carboxylic acids is 2. The number of hydrogen-bond donors (Lipinski definition) is 2. The number of para-hydroxylation sites is 1. The Morgan fingerprint density at radius 1 is 1.07 bits per heavy atom. The summed E-state index contributed by atoms with van der Waals surface area (Å²) in [5.41, 5.74) is 3.21. The molecule has 146 valence electrons. The molecule has 0 spiro atoms.